The molecule has 8 heteroatoms. The number of hydrogen-bond donors (Lipinski definition) is 0. The average molecular weight is 493 g/mol. The summed E-state index contributed by atoms with van der Waals surface area (Å²) in [6, 6.07) is 14.6. The summed E-state index contributed by atoms with van der Waals surface area (Å²) < 4.78 is 8.95. The van der Waals surface area contributed by atoms with Crippen LogP contribution in [0.25, 0.3) is 16.6 Å². The van der Waals surface area contributed by atoms with Crippen LogP contribution in [0, 0.1) is 20.8 Å². The first-order valence-corrected chi connectivity index (χ1v) is 10.7. The maximum Gasteiger partial charge on any atom is 0.337 e. The third-order valence-electron chi connectivity index (χ3n) is 5.30. The highest BCUT2D eigenvalue weighted by Gasteiger charge is 2.12. The van der Waals surface area contributed by atoms with Gasteiger partial charge in [-0.05, 0) is 69.3 Å². The van der Waals surface area contributed by atoms with E-state index in [4.69, 9.17) is 4.74 Å². The highest BCUT2D eigenvalue weighted by Crippen LogP contribution is 2.21. The number of aryl methyl sites for hydroxylation is 2. The summed E-state index contributed by atoms with van der Waals surface area (Å²) in [5.74, 6) is 0.135. The number of rotatable bonds is 4. The monoisotopic (exact) mass is 492 g/mol. The van der Waals surface area contributed by atoms with Gasteiger partial charge < -0.3 is 9.30 Å². The van der Waals surface area contributed by atoms with Crippen LogP contribution < -0.4 is 5.56 Å². The molecule has 0 bridgehead atoms. The molecule has 0 saturated carbocycles. The van der Waals surface area contributed by atoms with E-state index in [1.807, 2.05) is 38.1 Å². The van der Waals surface area contributed by atoms with Crippen LogP contribution in [0.15, 0.2) is 62.9 Å². The number of carbonyl (C=O) groups is 1. The molecule has 0 N–H and O–H groups in total. The van der Waals surface area contributed by atoms with Crippen molar-refractivity contribution in [3.63, 3.8) is 0 Å². The smallest absolute Gasteiger partial charge is 0.337 e. The number of hydrogen-bond acceptors (Lipinski definition) is 5. The molecule has 2 aromatic carbocycles. The third kappa shape index (κ3) is 3.89. The van der Waals surface area contributed by atoms with Gasteiger partial charge in [0, 0.05) is 27.1 Å². The molecule has 0 aliphatic rings. The molecule has 0 radical (unpaired) electrons. The van der Waals surface area contributed by atoms with Crippen molar-refractivity contribution >= 4 is 39.0 Å². The van der Waals surface area contributed by atoms with Crippen LogP contribution in [0.3, 0.4) is 0 Å². The quantitative estimate of drug-likeness (QED) is 0.309. The van der Waals surface area contributed by atoms with Crippen molar-refractivity contribution in [3.8, 4) is 5.69 Å². The van der Waals surface area contributed by atoms with Crippen LogP contribution in [0.2, 0.25) is 0 Å². The SMILES string of the molecule is COC(=O)c1ccc(-n2c(C)cc(C=Nn3c(C)nc4ccc(Br)cc4c3=O)c2C)cc1. The largest absolute Gasteiger partial charge is 0.465 e. The Morgan fingerprint density at radius 1 is 1.09 bits per heavy atom. The molecule has 7 nitrogen and oxygen atoms in total. The van der Waals surface area contributed by atoms with Crippen LogP contribution in [0.5, 0.6) is 0 Å². The summed E-state index contributed by atoms with van der Waals surface area (Å²) in [6.07, 6.45) is 1.67. The summed E-state index contributed by atoms with van der Waals surface area (Å²) in [6.45, 7) is 5.73. The Hall–Kier alpha value is -3.52. The maximum atomic E-state index is 13.0. The minimum Gasteiger partial charge on any atom is -0.465 e. The summed E-state index contributed by atoms with van der Waals surface area (Å²) >= 11 is 3.40. The standard InChI is InChI=1S/C24H21BrN4O3/c1-14-11-18(15(2)28(14)20-8-5-17(6-9-20)24(31)32-4)13-26-29-16(3)27-22-10-7-19(25)12-21(22)23(29)30/h5-13H,1-4H3. The Balaban J connectivity index is 1.72. The van der Waals surface area contributed by atoms with E-state index in [9.17, 15) is 9.59 Å². The van der Waals surface area contributed by atoms with Crippen molar-refractivity contribution in [3.05, 3.63) is 91.7 Å². The van der Waals surface area contributed by atoms with Gasteiger partial charge in [-0.2, -0.15) is 9.78 Å². The molecular weight excluding hydrogens is 472 g/mol. The predicted molar refractivity (Wildman–Crippen MR) is 128 cm³/mol. The van der Waals surface area contributed by atoms with Crippen molar-refractivity contribution in [2.45, 2.75) is 20.8 Å². The van der Waals surface area contributed by atoms with Gasteiger partial charge in [-0.15, -0.1) is 0 Å². The predicted octanol–water partition coefficient (Wildman–Crippen LogP) is 4.54. The van der Waals surface area contributed by atoms with Gasteiger partial charge in [-0.25, -0.2) is 9.78 Å². The van der Waals surface area contributed by atoms with Gasteiger partial charge in [0.15, 0.2) is 0 Å². The van der Waals surface area contributed by atoms with E-state index < -0.39 is 0 Å². The molecule has 0 saturated heterocycles. The van der Waals surface area contributed by atoms with Gasteiger partial charge in [0.1, 0.15) is 5.82 Å². The number of aromatic nitrogens is 3. The number of halogens is 1. The highest BCUT2D eigenvalue weighted by atomic mass is 79.9. The second-order valence-electron chi connectivity index (χ2n) is 7.38. The van der Waals surface area contributed by atoms with Crippen molar-refractivity contribution in [1.82, 2.24) is 14.2 Å². The molecule has 0 amide bonds. The maximum absolute atomic E-state index is 13.0. The number of methoxy groups -OCH3 is 1. The summed E-state index contributed by atoms with van der Waals surface area (Å²) in [4.78, 5) is 29.1. The number of fused-ring (bicyclic) bond motifs is 1. The fraction of sp³-hybridized carbons (Fsp3) is 0.167. The topological polar surface area (TPSA) is 78.5 Å². The molecule has 4 rings (SSSR count). The molecule has 0 unspecified atom stereocenters. The molecule has 0 fully saturated rings. The second kappa shape index (κ2) is 8.55. The lowest BCUT2D eigenvalue weighted by Gasteiger charge is -2.10. The Kier molecular flexibility index (Phi) is 5.80. The van der Waals surface area contributed by atoms with Gasteiger partial charge in [0.2, 0.25) is 0 Å². The molecule has 0 aliphatic carbocycles. The Labute approximate surface area is 193 Å². The fourth-order valence-electron chi connectivity index (χ4n) is 3.70. The van der Waals surface area contributed by atoms with E-state index in [0.717, 1.165) is 27.1 Å². The second-order valence-corrected chi connectivity index (χ2v) is 8.30. The van der Waals surface area contributed by atoms with Crippen LogP contribution in [0.1, 0.15) is 33.1 Å². The van der Waals surface area contributed by atoms with E-state index in [1.54, 1.807) is 37.4 Å². The van der Waals surface area contributed by atoms with Crippen molar-refractivity contribution in [2.75, 3.05) is 7.11 Å². The van der Waals surface area contributed by atoms with Gasteiger partial charge in [0.25, 0.3) is 5.56 Å². The first-order valence-electron chi connectivity index (χ1n) is 9.91. The molecule has 0 atom stereocenters. The summed E-state index contributed by atoms with van der Waals surface area (Å²) in [7, 11) is 1.36. The van der Waals surface area contributed by atoms with Crippen LogP contribution in [0.4, 0.5) is 0 Å². The molecular formula is C24H21BrN4O3. The lowest BCUT2D eigenvalue weighted by molar-refractivity contribution is 0.0600. The molecule has 0 spiro atoms. The molecule has 32 heavy (non-hydrogen) atoms. The van der Waals surface area contributed by atoms with E-state index in [-0.39, 0.29) is 11.5 Å². The minimum absolute atomic E-state index is 0.225. The number of benzene rings is 2. The Bertz CT molecular complexity index is 1430. The van der Waals surface area contributed by atoms with Gasteiger partial charge in [-0.1, -0.05) is 15.9 Å². The average Bonchev–Trinajstić information content (AvgIpc) is 3.06. The molecule has 4 aromatic rings. The zero-order chi connectivity index (χ0) is 23.0. The minimum atomic E-state index is -0.373. The van der Waals surface area contributed by atoms with Crippen LogP contribution >= 0.6 is 15.9 Å². The molecule has 2 heterocycles. The first-order chi connectivity index (χ1) is 15.3. The number of esters is 1. The van der Waals surface area contributed by atoms with Gasteiger partial charge in [0.05, 0.1) is 29.8 Å². The zero-order valence-corrected chi connectivity index (χ0v) is 19.7. The summed E-state index contributed by atoms with van der Waals surface area (Å²) in [5, 5.41) is 4.94. The van der Waals surface area contributed by atoms with Gasteiger partial charge in [-0.3, -0.25) is 4.79 Å². The van der Waals surface area contributed by atoms with Crippen molar-refractivity contribution in [1.29, 1.82) is 0 Å². The van der Waals surface area contributed by atoms with Crippen LogP contribution in [-0.2, 0) is 4.74 Å². The zero-order valence-electron chi connectivity index (χ0n) is 18.1. The normalized spacial score (nSPS) is 11.4. The molecule has 0 aliphatic heterocycles. The van der Waals surface area contributed by atoms with Crippen LogP contribution in [-0.4, -0.2) is 33.5 Å². The first kappa shape index (κ1) is 21.7. The number of ether oxygens (including phenoxy) is 1. The molecule has 162 valence electrons. The van der Waals surface area contributed by atoms with E-state index >= 15 is 0 Å². The highest BCUT2D eigenvalue weighted by molar-refractivity contribution is 9.10. The van der Waals surface area contributed by atoms with E-state index in [1.165, 1.54) is 11.8 Å². The number of carbonyl (C=O) groups excluding carboxylic acids is 1. The summed E-state index contributed by atoms with van der Waals surface area (Å²) in [5.41, 5.74) is 4.65. The van der Waals surface area contributed by atoms with Crippen molar-refractivity contribution in [2.24, 2.45) is 5.10 Å². The lowest BCUT2D eigenvalue weighted by atomic mass is 10.2. The van der Waals surface area contributed by atoms with Gasteiger partial charge >= 0.3 is 5.97 Å². The van der Waals surface area contributed by atoms with E-state index in [0.29, 0.717) is 22.3 Å². The van der Waals surface area contributed by atoms with E-state index in [2.05, 4.69) is 30.6 Å². The Morgan fingerprint density at radius 3 is 2.50 bits per heavy atom. The number of nitrogens with zero attached hydrogens (tertiary/aromatic N) is 4. The van der Waals surface area contributed by atoms with Crippen molar-refractivity contribution < 1.29 is 9.53 Å². The lowest BCUT2D eigenvalue weighted by Crippen LogP contribution is -2.20. The Morgan fingerprint density at radius 2 is 1.81 bits per heavy atom. The molecule has 2 aromatic heterocycles. The fourth-order valence-corrected chi connectivity index (χ4v) is 4.06. The third-order valence-corrected chi connectivity index (χ3v) is 5.79.